The Kier molecular flexibility index (Phi) is 4.95. The minimum Gasteiger partial charge on any atom is -0.489 e. The Morgan fingerprint density at radius 3 is 2.17 bits per heavy atom. The Hall–Kier alpha value is -2.48. The zero-order valence-electron chi connectivity index (χ0n) is 12.0. The highest BCUT2D eigenvalue weighted by Gasteiger charge is 2.11. The van der Waals surface area contributed by atoms with Gasteiger partial charge in [-0.25, -0.2) is 21.9 Å². The van der Waals surface area contributed by atoms with Gasteiger partial charge in [-0.2, -0.15) is 0 Å². The lowest BCUT2D eigenvalue weighted by molar-refractivity contribution is 0.0981. The number of halogens is 2. The van der Waals surface area contributed by atoms with Crippen molar-refractivity contribution in [1.29, 1.82) is 0 Å². The van der Waals surface area contributed by atoms with Crippen LogP contribution >= 0.6 is 0 Å². The molecule has 0 fully saturated rings. The Labute approximate surface area is 132 Å². The van der Waals surface area contributed by atoms with E-state index in [9.17, 15) is 22.0 Å². The molecule has 0 aliphatic heterocycles. The van der Waals surface area contributed by atoms with Gasteiger partial charge in [0, 0.05) is 11.6 Å². The number of hydrogen-bond donors (Lipinski definition) is 1. The van der Waals surface area contributed by atoms with Gasteiger partial charge in [0.05, 0.1) is 6.26 Å². The number of rotatable bonds is 5. The van der Waals surface area contributed by atoms with Gasteiger partial charge in [-0.05, 0) is 42.0 Å². The number of nitrogens with one attached hydrogen (secondary N) is 1. The van der Waals surface area contributed by atoms with Crippen LogP contribution in [0.2, 0.25) is 0 Å². The Morgan fingerprint density at radius 1 is 1.09 bits per heavy atom. The maximum absolute atomic E-state index is 13.0. The summed E-state index contributed by atoms with van der Waals surface area (Å²) in [6, 6.07) is 8.72. The lowest BCUT2D eigenvalue weighted by Crippen LogP contribution is -2.29. The molecule has 0 aromatic heterocycles. The molecule has 0 saturated heterocycles. The van der Waals surface area contributed by atoms with Crippen LogP contribution in [-0.2, 0) is 16.6 Å². The van der Waals surface area contributed by atoms with E-state index in [4.69, 9.17) is 4.74 Å². The summed E-state index contributed by atoms with van der Waals surface area (Å²) in [4.78, 5) is 11.6. The summed E-state index contributed by atoms with van der Waals surface area (Å²) in [5.74, 6) is -1.79. The monoisotopic (exact) mass is 341 g/mol. The number of carbonyl (C=O) groups excluding carboxylic acids is 1. The molecule has 1 N–H and O–H groups in total. The van der Waals surface area contributed by atoms with E-state index in [2.05, 4.69) is 0 Å². The van der Waals surface area contributed by atoms with Gasteiger partial charge in [-0.3, -0.25) is 4.79 Å². The first kappa shape index (κ1) is 16.9. The van der Waals surface area contributed by atoms with Crippen molar-refractivity contribution < 1.29 is 26.7 Å². The summed E-state index contributed by atoms with van der Waals surface area (Å²) in [5, 5.41) is 0. The lowest BCUT2D eigenvalue weighted by atomic mass is 10.2. The van der Waals surface area contributed by atoms with Crippen LogP contribution < -0.4 is 9.46 Å². The van der Waals surface area contributed by atoms with E-state index in [1.54, 1.807) is 0 Å². The topological polar surface area (TPSA) is 72.5 Å². The number of sulfonamides is 1. The van der Waals surface area contributed by atoms with Crippen LogP contribution in [-0.4, -0.2) is 20.6 Å². The van der Waals surface area contributed by atoms with Crippen molar-refractivity contribution >= 4 is 15.9 Å². The van der Waals surface area contributed by atoms with E-state index in [0.29, 0.717) is 11.3 Å². The summed E-state index contributed by atoms with van der Waals surface area (Å²) in [6.07, 6.45) is 0.875. The standard InChI is InChI=1S/C15H13F2NO4S/c1-23(20,21)18-15(19)11-2-4-14(5-3-11)22-9-10-6-12(16)8-13(17)7-10/h2-8H,9H2,1H3,(H,18,19). The molecule has 1 amide bonds. The highest BCUT2D eigenvalue weighted by Crippen LogP contribution is 2.15. The largest absolute Gasteiger partial charge is 0.489 e. The molecule has 2 aromatic carbocycles. The quantitative estimate of drug-likeness (QED) is 0.905. The first-order chi connectivity index (χ1) is 10.7. The van der Waals surface area contributed by atoms with Gasteiger partial charge in [-0.1, -0.05) is 0 Å². The van der Waals surface area contributed by atoms with E-state index in [1.165, 1.54) is 24.3 Å². The van der Waals surface area contributed by atoms with E-state index in [1.807, 2.05) is 4.72 Å². The van der Waals surface area contributed by atoms with Gasteiger partial charge >= 0.3 is 0 Å². The van der Waals surface area contributed by atoms with Crippen molar-refractivity contribution in [3.8, 4) is 5.75 Å². The van der Waals surface area contributed by atoms with Gasteiger partial charge in [0.25, 0.3) is 5.91 Å². The van der Waals surface area contributed by atoms with Crippen LogP contribution in [0, 0.1) is 11.6 Å². The molecule has 0 atom stereocenters. The SMILES string of the molecule is CS(=O)(=O)NC(=O)c1ccc(OCc2cc(F)cc(F)c2)cc1. The van der Waals surface area contributed by atoms with Crippen LogP contribution in [0.25, 0.3) is 0 Å². The summed E-state index contributed by atoms with van der Waals surface area (Å²) in [7, 11) is -3.64. The van der Waals surface area contributed by atoms with Crippen molar-refractivity contribution in [2.75, 3.05) is 6.26 Å². The summed E-state index contributed by atoms with van der Waals surface area (Å²) in [6.45, 7) is -0.0520. The fourth-order valence-electron chi connectivity index (χ4n) is 1.79. The smallest absolute Gasteiger partial charge is 0.264 e. The van der Waals surface area contributed by atoms with Crippen LogP contribution in [0.1, 0.15) is 15.9 Å². The molecule has 0 spiro atoms. The predicted octanol–water partition coefficient (Wildman–Crippen LogP) is 2.23. The molecule has 0 saturated carbocycles. The van der Waals surface area contributed by atoms with Gasteiger partial charge in [0.1, 0.15) is 24.0 Å². The molecular formula is C15H13F2NO4S. The second-order valence-electron chi connectivity index (χ2n) is 4.79. The molecule has 0 radical (unpaired) electrons. The second-order valence-corrected chi connectivity index (χ2v) is 6.54. The molecule has 0 aliphatic rings. The molecule has 2 aromatic rings. The summed E-state index contributed by atoms with van der Waals surface area (Å²) in [5.41, 5.74) is 0.459. The van der Waals surface area contributed by atoms with Gasteiger partial charge in [0.15, 0.2) is 0 Å². The molecule has 0 unspecified atom stereocenters. The zero-order chi connectivity index (χ0) is 17.0. The van der Waals surface area contributed by atoms with Gasteiger partial charge in [-0.15, -0.1) is 0 Å². The lowest BCUT2D eigenvalue weighted by Gasteiger charge is -2.08. The van der Waals surface area contributed by atoms with Crippen molar-refractivity contribution in [3.05, 3.63) is 65.2 Å². The molecular weight excluding hydrogens is 328 g/mol. The second kappa shape index (κ2) is 6.74. The van der Waals surface area contributed by atoms with Crippen LogP contribution in [0.5, 0.6) is 5.75 Å². The fraction of sp³-hybridized carbons (Fsp3) is 0.133. The first-order valence-electron chi connectivity index (χ1n) is 6.43. The third-order valence-corrected chi connectivity index (χ3v) is 3.28. The van der Waals surface area contributed by atoms with Crippen molar-refractivity contribution in [1.82, 2.24) is 4.72 Å². The first-order valence-corrected chi connectivity index (χ1v) is 8.32. The van der Waals surface area contributed by atoms with Crippen molar-refractivity contribution in [2.45, 2.75) is 6.61 Å². The average Bonchev–Trinajstić information content (AvgIpc) is 2.43. The predicted molar refractivity (Wildman–Crippen MR) is 79.4 cm³/mol. The summed E-state index contributed by atoms with van der Waals surface area (Å²) < 4.78 is 55.2. The molecule has 2 rings (SSSR count). The van der Waals surface area contributed by atoms with Crippen molar-refractivity contribution in [3.63, 3.8) is 0 Å². The maximum Gasteiger partial charge on any atom is 0.264 e. The third-order valence-electron chi connectivity index (χ3n) is 2.72. The minimum absolute atomic E-state index is 0.0520. The Morgan fingerprint density at radius 2 is 1.65 bits per heavy atom. The highest BCUT2D eigenvalue weighted by molar-refractivity contribution is 7.89. The normalized spacial score (nSPS) is 11.1. The number of ether oxygens (including phenoxy) is 1. The Bertz CT molecular complexity index is 800. The van der Waals surface area contributed by atoms with E-state index in [-0.39, 0.29) is 12.2 Å². The third kappa shape index (κ3) is 5.33. The van der Waals surface area contributed by atoms with Crippen molar-refractivity contribution in [2.24, 2.45) is 0 Å². The van der Waals surface area contributed by atoms with Gasteiger partial charge < -0.3 is 4.74 Å². The van der Waals surface area contributed by atoms with E-state index < -0.39 is 27.6 Å². The van der Waals surface area contributed by atoms with E-state index >= 15 is 0 Å². The highest BCUT2D eigenvalue weighted by atomic mass is 32.2. The number of carbonyl (C=O) groups is 1. The average molecular weight is 341 g/mol. The maximum atomic E-state index is 13.0. The van der Waals surface area contributed by atoms with Crippen LogP contribution in [0.15, 0.2) is 42.5 Å². The van der Waals surface area contributed by atoms with Gasteiger partial charge in [0.2, 0.25) is 10.0 Å². The molecule has 5 nitrogen and oxygen atoms in total. The molecule has 0 heterocycles. The molecule has 0 aliphatic carbocycles. The Balaban J connectivity index is 2.01. The van der Waals surface area contributed by atoms with E-state index in [0.717, 1.165) is 24.5 Å². The molecule has 0 bridgehead atoms. The molecule has 23 heavy (non-hydrogen) atoms. The molecule has 8 heteroatoms. The molecule has 122 valence electrons. The summed E-state index contributed by atoms with van der Waals surface area (Å²) >= 11 is 0. The van der Waals surface area contributed by atoms with Crippen LogP contribution in [0.3, 0.4) is 0 Å². The minimum atomic E-state index is -3.64. The number of benzene rings is 2. The zero-order valence-corrected chi connectivity index (χ0v) is 12.9. The number of hydrogen-bond acceptors (Lipinski definition) is 4. The fourth-order valence-corrected chi connectivity index (χ4v) is 2.25. The van der Waals surface area contributed by atoms with Crippen LogP contribution in [0.4, 0.5) is 8.78 Å². The number of amides is 1.